The number of hydrogen-bond donors (Lipinski definition) is 1. The molecule has 0 radical (unpaired) electrons. The van der Waals surface area contributed by atoms with Gasteiger partial charge in [-0.3, -0.25) is 4.79 Å². The van der Waals surface area contributed by atoms with Crippen molar-refractivity contribution in [3.8, 4) is 17.1 Å². The minimum atomic E-state index is -0.265. The van der Waals surface area contributed by atoms with Crippen LogP contribution in [-0.2, 0) is 0 Å². The van der Waals surface area contributed by atoms with Gasteiger partial charge in [-0.1, -0.05) is 41.4 Å². The third-order valence-corrected chi connectivity index (χ3v) is 5.39. The molecule has 0 aliphatic heterocycles. The molecule has 1 amide bonds. The average Bonchev–Trinajstić information content (AvgIpc) is 3.43. The molecular weight excluding hydrogens is 433 g/mol. The van der Waals surface area contributed by atoms with Gasteiger partial charge in [0.1, 0.15) is 11.3 Å². The lowest BCUT2D eigenvalue weighted by molar-refractivity contribution is 0.102. The summed E-state index contributed by atoms with van der Waals surface area (Å²) in [5.41, 5.74) is 3.38. The molecule has 0 bridgehead atoms. The maximum absolute atomic E-state index is 12.5. The van der Waals surface area contributed by atoms with Crippen LogP contribution in [0.1, 0.15) is 10.4 Å². The van der Waals surface area contributed by atoms with Gasteiger partial charge in [0, 0.05) is 22.2 Å². The van der Waals surface area contributed by atoms with Gasteiger partial charge in [-0.2, -0.15) is 5.10 Å². The maximum atomic E-state index is 12.5. The number of nitrogens with one attached hydrogen (secondary N) is 1. The Hall–Kier alpha value is -3.54. The van der Waals surface area contributed by atoms with Crippen LogP contribution in [0.15, 0.2) is 89.5 Å². The molecule has 2 aromatic heterocycles. The van der Waals surface area contributed by atoms with Crippen molar-refractivity contribution in [3.63, 3.8) is 0 Å². The van der Waals surface area contributed by atoms with Crippen molar-refractivity contribution in [1.29, 1.82) is 0 Å². The molecule has 2 heterocycles. The van der Waals surface area contributed by atoms with Crippen LogP contribution in [-0.4, -0.2) is 15.7 Å². The van der Waals surface area contributed by atoms with Gasteiger partial charge in [0.05, 0.1) is 16.4 Å². The lowest BCUT2D eigenvalue weighted by Gasteiger charge is -2.08. The SMILES string of the molecule is O=C(Nc1ccc(Cl)cc1Cl)c1ccc(-n2ccc(-c3cc4ccccc4o3)n2)cc1. The van der Waals surface area contributed by atoms with Gasteiger partial charge in [0.25, 0.3) is 5.91 Å². The third kappa shape index (κ3) is 3.93. The van der Waals surface area contributed by atoms with Crippen molar-refractivity contribution >= 4 is 45.8 Å². The number of hydrogen-bond acceptors (Lipinski definition) is 3. The molecule has 31 heavy (non-hydrogen) atoms. The van der Waals surface area contributed by atoms with Gasteiger partial charge >= 0.3 is 0 Å². The highest BCUT2D eigenvalue weighted by Crippen LogP contribution is 2.28. The van der Waals surface area contributed by atoms with Crippen LogP contribution >= 0.6 is 23.2 Å². The number of carbonyl (C=O) groups excluding carboxylic acids is 1. The molecule has 0 aliphatic rings. The highest BCUT2D eigenvalue weighted by molar-refractivity contribution is 6.36. The Balaban J connectivity index is 1.34. The summed E-state index contributed by atoms with van der Waals surface area (Å²) in [6.07, 6.45) is 1.85. The molecule has 0 saturated heterocycles. The molecule has 5 aromatic rings. The van der Waals surface area contributed by atoms with Crippen molar-refractivity contribution < 1.29 is 9.21 Å². The van der Waals surface area contributed by atoms with E-state index in [1.807, 2.05) is 54.7 Å². The molecule has 7 heteroatoms. The minimum Gasteiger partial charge on any atom is -0.454 e. The second kappa shape index (κ2) is 7.95. The van der Waals surface area contributed by atoms with Crippen LogP contribution in [0.4, 0.5) is 5.69 Å². The molecule has 0 fully saturated rings. The van der Waals surface area contributed by atoms with E-state index in [0.29, 0.717) is 27.1 Å². The Morgan fingerprint density at radius 1 is 0.935 bits per heavy atom. The molecule has 0 saturated carbocycles. The van der Waals surface area contributed by atoms with E-state index >= 15 is 0 Å². The van der Waals surface area contributed by atoms with E-state index in [9.17, 15) is 4.79 Å². The number of halogens is 2. The topological polar surface area (TPSA) is 60.1 Å². The zero-order chi connectivity index (χ0) is 21.4. The predicted molar refractivity (Wildman–Crippen MR) is 123 cm³/mol. The number of anilines is 1. The first-order chi connectivity index (χ1) is 15.1. The Kier molecular flexibility index (Phi) is 4.98. The molecule has 3 aromatic carbocycles. The first kappa shape index (κ1) is 19.4. The number of para-hydroxylation sites is 1. The summed E-state index contributed by atoms with van der Waals surface area (Å²) in [7, 11) is 0. The quantitative estimate of drug-likeness (QED) is 0.327. The number of fused-ring (bicyclic) bond motifs is 1. The maximum Gasteiger partial charge on any atom is 0.255 e. The Morgan fingerprint density at radius 2 is 1.74 bits per heavy atom. The zero-order valence-corrected chi connectivity index (χ0v) is 17.6. The van der Waals surface area contributed by atoms with Crippen LogP contribution < -0.4 is 5.32 Å². The highest BCUT2D eigenvalue weighted by Gasteiger charge is 2.12. The standard InChI is InChI=1S/C24H15Cl2N3O2/c25-17-7-10-20(19(26)14-17)27-24(30)15-5-8-18(9-6-15)29-12-11-21(28-29)23-13-16-3-1-2-4-22(16)31-23/h1-14H,(H,27,30). The highest BCUT2D eigenvalue weighted by atomic mass is 35.5. The minimum absolute atomic E-state index is 0.265. The van der Waals surface area contributed by atoms with E-state index in [1.54, 1.807) is 35.0 Å². The van der Waals surface area contributed by atoms with Crippen molar-refractivity contribution in [2.45, 2.75) is 0 Å². The molecule has 152 valence electrons. The van der Waals surface area contributed by atoms with Crippen molar-refractivity contribution in [2.24, 2.45) is 0 Å². The van der Waals surface area contributed by atoms with Gasteiger partial charge in [-0.15, -0.1) is 0 Å². The van der Waals surface area contributed by atoms with Gasteiger partial charge < -0.3 is 9.73 Å². The van der Waals surface area contributed by atoms with Crippen LogP contribution in [0.5, 0.6) is 0 Å². The molecule has 0 spiro atoms. The van der Waals surface area contributed by atoms with Crippen LogP contribution in [0, 0.1) is 0 Å². The van der Waals surface area contributed by atoms with E-state index in [1.165, 1.54) is 0 Å². The van der Waals surface area contributed by atoms with Gasteiger partial charge in [0.15, 0.2) is 5.76 Å². The normalized spacial score (nSPS) is 11.0. The fourth-order valence-corrected chi connectivity index (χ4v) is 3.71. The average molecular weight is 448 g/mol. The van der Waals surface area contributed by atoms with E-state index in [2.05, 4.69) is 10.4 Å². The number of carbonyl (C=O) groups is 1. The fraction of sp³-hybridized carbons (Fsp3) is 0. The molecular formula is C24H15Cl2N3O2. The molecule has 5 nitrogen and oxygen atoms in total. The fourth-order valence-electron chi connectivity index (χ4n) is 3.26. The lowest BCUT2D eigenvalue weighted by atomic mass is 10.2. The zero-order valence-electron chi connectivity index (χ0n) is 16.0. The van der Waals surface area contributed by atoms with E-state index in [-0.39, 0.29) is 5.91 Å². The van der Waals surface area contributed by atoms with Crippen LogP contribution in [0.25, 0.3) is 28.1 Å². The second-order valence-electron chi connectivity index (χ2n) is 6.92. The Bertz CT molecular complexity index is 1370. The summed E-state index contributed by atoms with van der Waals surface area (Å²) >= 11 is 12.0. The number of amides is 1. The predicted octanol–water partition coefficient (Wildman–Crippen LogP) is 6.84. The molecule has 5 rings (SSSR count). The number of aromatic nitrogens is 2. The van der Waals surface area contributed by atoms with Crippen molar-refractivity contribution in [1.82, 2.24) is 9.78 Å². The van der Waals surface area contributed by atoms with Crippen molar-refractivity contribution in [3.05, 3.63) is 101 Å². The Labute approximate surface area is 187 Å². The number of furan rings is 1. The van der Waals surface area contributed by atoms with Crippen LogP contribution in [0.3, 0.4) is 0 Å². The largest absolute Gasteiger partial charge is 0.454 e. The number of benzene rings is 3. The van der Waals surface area contributed by atoms with Crippen molar-refractivity contribution in [2.75, 3.05) is 5.32 Å². The summed E-state index contributed by atoms with van der Waals surface area (Å²) in [5.74, 6) is 0.440. The second-order valence-corrected chi connectivity index (χ2v) is 7.76. The first-order valence-electron chi connectivity index (χ1n) is 9.48. The number of nitrogens with zero attached hydrogens (tertiary/aromatic N) is 2. The summed E-state index contributed by atoms with van der Waals surface area (Å²) in [6.45, 7) is 0. The number of rotatable bonds is 4. The monoisotopic (exact) mass is 447 g/mol. The molecule has 1 N–H and O–H groups in total. The van der Waals surface area contributed by atoms with E-state index in [0.717, 1.165) is 22.4 Å². The summed E-state index contributed by atoms with van der Waals surface area (Å²) in [5, 5.41) is 9.31. The summed E-state index contributed by atoms with van der Waals surface area (Å²) in [6, 6.07) is 23.7. The van der Waals surface area contributed by atoms with E-state index < -0.39 is 0 Å². The Morgan fingerprint density at radius 3 is 2.52 bits per heavy atom. The van der Waals surface area contributed by atoms with E-state index in [4.69, 9.17) is 27.6 Å². The van der Waals surface area contributed by atoms with Gasteiger partial charge in [0.2, 0.25) is 0 Å². The van der Waals surface area contributed by atoms with Gasteiger partial charge in [-0.05, 0) is 60.7 Å². The molecule has 0 atom stereocenters. The van der Waals surface area contributed by atoms with Crippen LogP contribution in [0.2, 0.25) is 10.0 Å². The summed E-state index contributed by atoms with van der Waals surface area (Å²) < 4.78 is 7.62. The smallest absolute Gasteiger partial charge is 0.255 e. The lowest BCUT2D eigenvalue weighted by Crippen LogP contribution is -2.12. The third-order valence-electron chi connectivity index (χ3n) is 4.84. The summed E-state index contributed by atoms with van der Waals surface area (Å²) in [4.78, 5) is 12.5. The molecule has 0 aliphatic carbocycles. The molecule has 0 unspecified atom stereocenters. The first-order valence-corrected chi connectivity index (χ1v) is 10.2. The van der Waals surface area contributed by atoms with Gasteiger partial charge in [-0.25, -0.2) is 4.68 Å².